The third-order valence-electron chi connectivity index (χ3n) is 3.12. The van der Waals surface area contributed by atoms with Crippen molar-refractivity contribution in [1.82, 2.24) is 20.0 Å². The van der Waals surface area contributed by atoms with E-state index in [-0.39, 0.29) is 0 Å². The van der Waals surface area contributed by atoms with Crippen molar-refractivity contribution >= 4 is 0 Å². The quantitative estimate of drug-likeness (QED) is 0.817. The molecule has 1 aromatic rings. The van der Waals surface area contributed by atoms with Gasteiger partial charge < -0.3 is 10.2 Å². The first-order valence-electron chi connectivity index (χ1n) is 6.31. The van der Waals surface area contributed by atoms with Crippen LogP contribution in [0.25, 0.3) is 0 Å². The molecule has 0 aliphatic carbocycles. The maximum atomic E-state index is 4.51. The molecule has 0 saturated heterocycles. The zero-order valence-electron chi connectivity index (χ0n) is 12.0. The number of rotatable bonds is 6. The lowest BCUT2D eigenvalue weighted by Crippen LogP contribution is -2.35. The first-order valence-corrected chi connectivity index (χ1v) is 6.31. The summed E-state index contributed by atoms with van der Waals surface area (Å²) in [4.78, 5) is 2.22. The molecule has 1 unspecified atom stereocenters. The standard InChI is InChI=1S/C13H26N4/c1-10(2)13-12(9-17(6)15-13)8-14-7-11(3)16(4)5/h9-11,14H,7-8H2,1-6H3. The largest absolute Gasteiger partial charge is 0.311 e. The fourth-order valence-electron chi connectivity index (χ4n) is 1.78. The van der Waals surface area contributed by atoms with Crippen molar-refractivity contribution in [1.29, 1.82) is 0 Å². The molecule has 1 N–H and O–H groups in total. The molecule has 0 bridgehead atoms. The van der Waals surface area contributed by atoms with Crippen LogP contribution in [0.1, 0.15) is 37.9 Å². The van der Waals surface area contributed by atoms with Gasteiger partial charge in [-0.15, -0.1) is 0 Å². The van der Waals surface area contributed by atoms with Gasteiger partial charge in [-0.25, -0.2) is 0 Å². The summed E-state index contributed by atoms with van der Waals surface area (Å²) < 4.78 is 1.90. The molecule has 0 radical (unpaired) electrons. The average Bonchev–Trinajstić information content (AvgIpc) is 2.59. The molecule has 1 aromatic heterocycles. The number of aromatic nitrogens is 2. The van der Waals surface area contributed by atoms with E-state index < -0.39 is 0 Å². The minimum atomic E-state index is 0.485. The van der Waals surface area contributed by atoms with Gasteiger partial charge in [0, 0.05) is 37.9 Å². The monoisotopic (exact) mass is 238 g/mol. The molecule has 0 aliphatic heterocycles. The average molecular weight is 238 g/mol. The summed E-state index contributed by atoms with van der Waals surface area (Å²) in [5, 5.41) is 8.01. The Morgan fingerprint density at radius 2 is 2.00 bits per heavy atom. The Balaban J connectivity index is 2.51. The molecule has 4 nitrogen and oxygen atoms in total. The Kier molecular flexibility index (Phi) is 5.15. The SMILES string of the molecule is CC(C)c1nn(C)cc1CNCC(C)N(C)C. The third-order valence-corrected chi connectivity index (χ3v) is 3.12. The molecule has 0 fully saturated rings. The van der Waals surface area contributed by atoms with Gasteiger partial charge in [0.25, 0.3) is 0 Å². The van der Waals surface area contributed by atoms with Crippen LogP contribution in [0.15, 0.2) is 6.20 Å². The van der Waals surface area contributed by atoms with Crippen molar-refractivity contribution in [3.05, 3.63) is 17.5 Å². The maximum absolute atomic E-state index is 4.51. The number of hydrogen-bond acceptors (Lipinski definition) is 3. The number of aryl methyl sites for hydroxylation is 1. The Morgan fingerprint density at radius 3 is 2.53 bits per heavy atom. The summed E-state index contributed by atoms with van der Waals surface area (Å²) in [7, 11) is 6.20. The fourth-order valence-corrected chi connectivity index (χ4v) is 1.78. The smallest absolute Gasteiger partial charge is 0.0694 e. The summed E-state index contributed by atoms with van der Waals surface area (Å²) in [5.41, 5.74) is 2.52. The molecule has 1 rings (SSSR count). The highest BCUT2D eigenvalue weighted by Crippen LogP contribution is 2.16. The topological polar surface area (TPSA) is 33.1 Å². The second kappa shape index (κ2) is 6.17. The molecule has 0 saturated carbocycles. The summed E-state index contributed by atoms with van der Waals surface area (Å²) >= 11 is 0. The highest BCUT2D eigenvalue weighted by atomic mass is 15.3. The molecular weight excluding hydrogens is 212 g/mol. The van der Waals surface area contributed by atoms with E-state index in [1.165, 1.54) is 11.3 Å². The van der Waals surface area contributed by atoms with Gasteiger partial charge in [-0.1, -0.05) is 13.8 Å². The van der Waals surface area contributed by atoms with E-state index >= 15 is 0 Å². The van der Waals surface area contributed by atoms with Gasteiger partial charge in [0.05, 0.1) is 5.69 Å². The number of nitrogens with one attached hydrogen (secondary N) is 1. The second-order valence-corrected chi connectivity index (χ2v) is 5.31. The van der Waals surface area contributed by atoms with Gasteiger partial charge in [-0.3, -0.25) is 4.68 Å². The van der Waals surface area contributed by atoms with Crippen molar-refractivity contribution in [2.24, 2.45) is 7.05 Å². The van der Waals surface area contributed by atoms with Gasteiger partial charge in [0.15, 0.2) is 0 Å². The zero-order chi connectivity index (χ0) is 13.0. The van der Waals surface area contributed by atoms with E-state index in [2.05, 4.69) is 56.4 Å². The van der Waals surface area contributed by atoms with Crippen LogP contribution in [0.2, 0.25) is 0 Å². The molecule has 0 amide bonds. The highest BCUT2D eigenvalue weighted by Gasteiger charge is 2.11. The summed E-state index contributed by atoms with van der Waals surface area (Å²) in [6.45, 7) is 8.50. The first kappa shape index (κ1) is 14.2. The van der Waals surface area contributed by atoms with Crippen LogP contribution in [0, 0.1) is 0 Å². The lowest BCUT2D eigenvalue weighted by Gasteiger charge is -2.20. The minimum Gasteiger partial charge on any atom is -0.311 e. The van der Waals surface area contributed by atoms with Gasteiger partial charge >= 0.3 is 0 Å². The van der Waals surface area contributed by atoms with E-state index in [4.69, 9.17) is 0 Å². The van der Waals surface area contributed by atoms with E-state index in [0.717, 1.165) is 13.1 Å². The van der Waals surface area contributed by atoms with E-state index in [9.17, 15) is 0 Å². The summed E-state index contributed by atoms with van der Waals surface area (Å²) in [5.74, 6) is 0.485. The van der Waals surface area contributed by atoms with Crippen LogP contribution in [0.3, 0.4) is 0 Å². The molecule has 1 heterocycles. The Bertz CT molecular complexity index is 341. The van der Waals surface area contributed by atoms with E-state index in [0.29, 0.717) is 12.0 Å². The summed E-state index contributed by atoms with van der Waals surface area (Å²) in [6.07, 6.45) is 2.11. The number of nitrogens with zero attached hydrogens (tertiary/aromatic N) is 3. The lowest BCUT2D eigenvalue weighted by molar-refractivity contribution is 0.302. The van der Waals surface area contributed by atoms with Crippen LogP contribution in [0.4, 0.5) is 0 Å². The Hall–Kier alpha value is -0.870. The Labute approximate surface area is 105 Å². The van der Waals surface area contributed by atoms with E-state index in [1.54, 1.807) is 0 Å². The van der Waals surface area contributed by atoms with Crippen molar-refractivity contribution in [3.63, 3.8) is 0 Å². The van der Waals surface area contributed by atoms with Gasteiger partial charge in [-0.2, -0.15) is 5.10 Å². The molecule has 0 aliphatic rings. The number of likely N-dealkylation sites (N-methyl/N-ethyl adjacent to an activating group) is 1. The molecule has 0 aromatic carbocycles. The lowest BCUT2D eigenvalue weighted by atomic mass is 10.1. The minimum absolute atomic E-state index is 0.485. The third kappa shape index (κ3) is 4.13. The van der Waals surface area contributed by atoms with Crippen molar-refractivity contribution in [2.75, 3.05) is 20.6 Å². The molecule has 0 spiro atoms. The van der Waals surface area contributed by atoms with Crippen molar-refractivity contribution < 1.29 is 0 Å². The zero-order valence-corrected chi connectivity index (χ0v) is 12.0. The van der Waals surface area contributed by atoms with Gasteiger partial charge in [-0.05, 0) is 26.9 Å². The van der Waals surface area contributed by atoms with Crippen LogP contribution < -0.4 is 5.32 Å². The molecule has 4 heteroatoms. The van der Waals surface area contributed by atoms with Crippen molar-refractivity contribution in [2.45, 2.75) is 39.3 Å². The summed E-state index contributed by atoms with van der Waals surface area (Å²) in [6, 6.07) is 0.550. The molecular formula is C13H26N4. The van der Waals surface area contributed by atoms with Crippen LogP contribution in [-0.2, 0) is 13.6 Å². The fraction of sp³-hybridized carbons (Fsp3) is 0.769. The molecule has 98 valence electrons. The van der Waals surface area contributed by atoms with Crippen LogP contribution >= 0.6 is 0 Å². The second-order valence-electron chi connectivity index (χ2n) is 5.31. The van der Waals surface area contributed by atoms with Gasteiger partial charge in [0.2, 0.25) is 0 Å². The molecule has 17 heavy (non-hydrogen) atoms. The predicted octanol–water partition coefficient (Wildman–Crippen LogP) is 1.58. The molecule has 1 atom stereocenters. The first-order chi connectivity index (χ1) is 7.91. The predicted molar refractivity (Wildman–Crippen MR) is 72.2 cm³/mol. The van der Waals surface area contributed by atoms with Crippen LogP contribution in [-0.4, -0.2) is 41.4 Å². The number of hydrogen-bond donors (Lipinski definition) is 1. The van der Waals surface area contributed by atoms with Gasteiger partial charge in [0.1, 0.15) is 0 Å². The maximum Gasteiger partial charge on any atom is 0.0694 e. The van der Waals surface area contributed by atoms with Crippen LogP contribution in [0.5, 0.6) is 0 Å². The van der Waals surface area contributed by atoms with Crippen molar-refractivity contribution in [3.8, 4) is 0 Å². The van der Waals surface area contributed by atoms with E-state index in [1.807, 2.05) is 11.7 Å². The normalized spacial score (nSPS) is 13.6. The Morgan fingerprint density at radius 1 is 1.35 bits per heavy atom. The highest BCUT2D eigenvalue weighted by molar-refractivity contribution is 5.19.